The second-order valence-corrected chi connectivity index (χ2v) is 7.95. The first-order valence-electron chi connectivity index (χ1n) is 9.78. The van der Waals surface area contributed by atoms with E-state index in [1.165, 1.54) is 13.3 Å². The number of pyridine rings is 1. The summed E-state index contributed by atoms with van der Waals surface area (Å²) in [5, 5.41) is -0.0224. The molecule has 28 heavy (non-hydrogen) atoms. The number of carbonyl (C=O) groups is 1. The zero-order valence-corrected chi connectivity index (χ0v) is 16.3. The van der Waals surface area contributed by atoms with E-state index in [2.05, 4.69) is 0 Å². The number of aromatic nitrogens is 1. The summed E-state index contributed by atoms with van der Waals surface area (Å²) in [6.07, 6.45) is 6.02. The SMILES string of the molecule is COc1c(F)c(F)cc2c(=O)c(C(=O)N3[C@H](C)CCC[C@@H]3C)cn(C3CC3)c12. The second-order valence-electron chi connectivity index (χ2n) is 7.95. The number of ether oxygens (including phenoxy) is 1. The molecule has 0 spiro atoms. The number of nitrogens with zero attached hydrogens (tertiary/aromatic N) is 2. The van der Waals surface area contributed by atoms with Crippen LogP contribution in [-0.4, -0.2) is 34.6 Å². The van der Waals surface area contributed by atoms with E-state index < -0.39 is 17.1 Å². The maximum absolute atomic E-state index is 14.3. The minimum Gasteiger partial charge on any atom is -0.491 e. The van der Waals surface area contributed by atoms with E-state index in [0.717, 1.165) is 38.2 Å². The Morgan fingerprint density at radius 2 is 1.79 bits per heavy atom. The molecule has 0 N–H and O–H groups in total. The molecule has 2 heterocycles. The molecule has 0 bridgehead atoms. The van der Waals surface area contributed by atoms with Crippen LogP contribution in [0.5, 0.6) is 5.75 Å². The van der Waals surface area contributed by atoms with Crippen molar-refractivity contribution in [1.82, 2.24) is 9.47 Å². The van der Waals surface area contributed by atoms with Gasteiger partial charge in [0.2, 0.25) is 11.2 Å². The predicted octanol–water partition coefficient (Wildman–Crippen LogP) is 4.03. The fraction of sp³-hybridized carbons (Fsp3) is 0.524. The smallest absolute Gasteiger partial charge is 0.259 e. The average Bonchev–Trinajstić information content (AvgIpc) is 3.48. The second kappa shape index (κ2) is 6.87. The standard InChI is InChI=1S/C21H24F2N2O3/c1-11-5-4-6-12(2)25(11)21(27)15-10-24(13-7-8-13)18-14(19(15)26)9-16(22)17(23)20(18)28-3/h9-13H,4-8H2,1-3H3/t11-,12+. The van der Waals surface area contributed by atoms with Crippen molar-refractivity contribution in [2.45, 2.75) is 64.1 Å². The van der Waals surface area contributed by atoms with Crippen LogP contribution in [0, 0.1) is 11.6 Å². The summed E-state index contributed by atoms with van der Waals surface area (Å²) in [4.78, 5) is 28.2. The Morgan fingerprint density at radius 1 is 1.14 bits per heavy atom. The van der Waals surface area contributed by atoms with Crippen molar-refractivity contribution < 1.29 is 18.3 Å². The summed E-state index contributed by atoms with van der Waals surface area (Å²) >= 11 is 0. The Kier molecular flexibility index (Phi) is 4.63. The number of hydrogen-bond donors (Lipinski definition) is 0. The van der Waals surface area contributed by atoms with Crippen molar-refractivity contribution in [3.8, 4) is 5.75 Å². The lowest BCUT2D eigenvalue weighted by molar-refractivity contribution is 0.0509. The molecule has 4 rings (SSSR count). The van der Waals surface area contributed by atoms with Crippen molar-refractivity contribution in [1.29, 1.82) is 0 Å². The molecule has 2 aliphatic rings. The van der Waals surface area contributed by atoms with Gasteiger partial charge in [0.25, 0.3) is 5.91 Å². The van der Waals surface area contributed by atoms with Crippen LogP contribution >= 0.6 is 0 Å². The van der Waals surface area contributed by atoms with Crippen LogP contribution in [-0.2, 0) is 0 Å². The molecule has 1 aliphatic heterocycles. The lowest BCUT2D eigenvalue weighted by Gasteiger charge is -2.39. The number of methoxy groups -OCH3 is 1. The van der Waals surface area contributed by atoms with E-state index in [4.69, 9.17) is 4.74 Å². The van der Waals surface area contributed by atoms with Gasteiger partial charge in [-0.05, 0) is 52.0 Å². The van der Waals surface area contributed by atoms with Crippen LogP contribution in [0.3, 0.4) is 0 Å². The quantitative estimate of drug-likeness (QED) is 0.795. The number of benzene rings is 1. The zero-order valence-electron chi connectivity index (χ0n) is 16.3. The maximum atomic E-state index is 14.3. The van der Waals surface area contributed by atoms with Crippen molar-refractivity contribution in [3.05, 3.63) is 39.7 Å². The molecule has 2 atom stereocenters. The van der Waals surface area contributed by atoms with Gasteiger partial charge >= 0.3 is 0 Å². The molecule has 2 fully saturated rings. The summed E-state index contributed by atoms with van der Waals surface area (Å²) in [5.41, 5.74) is -0.364. The average molecular weight is 390 g/mol. The van der Waals surface area contributed by atoms with Gasteiger partial charge in [-0.25, -0.2) is 4.39 Å². The zero-order chi connectivity index (χ0) is 20.2. The number of rotatable bonds is 3. The molecular formula is C21H24F2N2O3. The summed E-state index contributed by atoms with van der Waals surface area (Å²) in [6, 6.07) is 0.985. The maximum Gasteiger partial charge on any atom is 0.259 e. The van der Waals surface area contributed by atoms with Crippen LogP contribution in [0.25, 0.3) is 10.9 Å². The van der Waals surface area contributed by atoms with Crippen molar-refractivity contribution >= 4 is 16.8 Å². The first kappa shape index (κ1) is 18.9. The molecule has 7 heteroatoms. The summed E-state index contributed by atoms with van der Waals surface area (Å²) in [7, 11) is 1.25. The molecular weight excluding hydrogens is 366 g/mol. The van der Waals surface area contributed by atoms with Gasteiger partial charge in [0.05, 0.1) is 18.0 Å². The molecule has 150 valence electrons. The molecule has 1 saturated heterocycles. The van der Waals surface area contributed by atoms with Gasteiger partial charge in [-0.3, -0.25) is 9.59 Å². The minimum absolute atomic E-state index is 0.00746. The van der Waals surface area contributed by atoms with Crippen LogP contribution in [0.2, 0.25) is 0 Å². The number of fused-ring (bicyclic) bond motifs is 1. The summed E-state index contributed by atoms with van der Waals surface area (Å²) in [5.74, 6) is -2.92. The van der Waals surface area contributed by atoms with E-state index in [1.54, 1.807) is 9.47 Å². The summed E-state index contributed by atoms with van der Waals surface area (Å²) < 4.78 is 35.2. The van der Waals surface area contributed by atoms with Gasteiger partial charge in [-0.2, -0.15) is 4.39 Å². The Morgan fingerprint density at radius 3 is 2.36 bits per heavy atom. The number of piperidine rings is 1. The highest BCUT2D eigenvalue weighted by molar-refractivity contribution is 5.98. The van der Waals surface area contributed by atoms with Crippen LogP contribution in [0.1, 0.15) is 62.4 Å². The number of carbonyl (C=O) groups excluding carboxylic acids is 1. The highest BCUT2D eigenvalue weighted by atomic mass is 19.2. The molecule has 1 aliphatic carbocycles. The Labute approximate surface area is 161 Å². The number of hydrogen-bond acceptors (Lipinski definition) is 3. The van der Waals surface area contributed by atoms with Gasteiger partial charge in [0.1, 0.15) is 5.56 Å². The van der Waals surface area contributed by atoms with Crippen LogP contribution < -0.4 is 10.2 Å². The largest absolute Gasteiger partial charge is 0.491 e. The number of halogens is 2. The molecule has 1 aromatic heterocycles. The first-order chi connectivity index (χ1) is 13.3. The van der Waals surface area contributed by atoms with Gasteiger partial charge in [-0.15, -0.1) is 0 Å². The van der Waals surface area contributed by atoms with E-state index in [-0.39, 0.29) is 46.2 Å². The third kappa shape index (κ3) is 2.88. The van der Waals surface area contributed by atoms with Crippen molar-refractivity contribution in [3.63, 3.8) is 0 Å². The van der Waals surface area contributed by atoms with E-state index in [1.807, 2.05) is 13.8 Å². The Hall–Kier alpha value is -2.44. The normalized spacial score (nSPS) is 22.5. The number of likely N-dealkylation sites (tertiary alicyclic amines) is 1. The molecule has 0 unspecified atom stereocenters. The molecule has 5 nitrogen and oxygen atoms in total. The lowest BCUT2D eigenvalue weighted by Crippen LogP contribution is -2.48. The fourth-order valence-electron chi connectivity index (χ4n) is 4.37. The molecule has 1 aromatic carbocycles. The highest BCUT2D eigenvalue weighted by Gasteiger charge is 2.34. The van der Waals surface area contributed by atoms with Crippen molar-refractivity contribution in [2.75, 3.05) is 7.11 Å². The lowest BCUT2D eigenvalue weighted by atomic mass is 9.96. The highest BCUT2D eigenvalue weighted by Crippen LogP contribution is 2.40. The molecule has 1 saturated carbocycles. The predicted molar refractivity (Wildman–Crippen MR) is 102 cm³/mol. The third-order valence-electron chi connectivity index (χ3n) is 5.97. The van der Waals surface area contributed by atoms with Gasteiger partial charge in [0.15, 0.2) is 11.6 Å². The number of amides is 1. The van der Waals surface area contributed by atoms with E-state index >= 15 is 0 Å². The van der Waals surface area contributed by atoms with Crippen LogP contribution in [0.4, 0.5) is 8.78 Å². The Bertz CT molecular complexity index is 1000. The van der Waals surface area contributed by atoms with Crippen molar-refractivity contribution in [2.24, 2.45) is 0 Å². The molecule has 1 amide bonds. The molecule has 0 radical (unpaired) electrons. The Balaban J connectivity index is 1.96. The van der Waals surface area contributed by atoms with Gasteiger partial charge in [-0.1, -0.05) is 0 Å². The summed E-state index contributed by atoms with van der Waals surface area (Å²) in [6.45, 7) is 3.96. The fourth-order valence-corrected chi connectivity index (χ4v) is 4.37. The van der Waals surface area contributed by atoms with E-state index in [0.29, 0.717) is 0 Å². The molecule has 2 aromatic rings. The van der Waals surface area contributed by atoms with Crippen LogP contribution in [0.15, 0.2) is 17.1 Å². The van der Waals surface area contributed by atoms with E-state index in [9.17, 15) is 18.4 Å². The van der Waals surface area contributed by atoms with Gasteiger partial charge in [0, 0.05) is 24.3 Å². The first-order valence-corrected chi connectivity index (χ1v) is 9.78. The topological polar surface area (TPSA) is 51.5 Å². The third-order valence-corrected chi connectivity index (χ3v) is 5.97. The monoisotopic (exact) mass is 390 g/mol. The minimum atomic E-state index is -1.16. The van der Waals surface area contributed by atoms with Gasteiger partial charge < -0.3 is 14.2 Å².